The first-order chi connectivity index (χ1) is 8.69. The van der Waals surface area contributed by atoms with Gasteiger partial charge in [0.15, 0.2) is 0 Å². The van der Waals surface area contributed by atoms with Crippen molar-refractivity contribution < 1.29 is 19.4 Å². The third-order valence-corrected chi connectivity index (χ3v) is 3.41. The molecule has 0 aromatic rings. The van der Waals surface area contributed by atoms with E-state index in [4.69, 9.17) is 9.47 Å². The Labute approximate surface area is 115 Å². The van der Waals surface area contributed by atoms with Gasteiger partial charge in [-0.05, 0) is 6.92 Å². The van der Waals surface area contributed by atoms with Gasteiger partial charge in [-0.15, -0.1) is 5.54 Å². The maximum Gasteiger partial charge on any atom is 0.302 e. The van der Waals surface area contributed by atoms with E-state index in [-0.39, 0.29) is 12.1 Å². The minimum Gasteiger partial charge on any atom is -0.460 e. The molecule has 0 saturated heterocycles. The van der Waals surface area contributed by atoms with Crippen LogP contribution >= 0.6 is 0 Å². The van der Waals surface area contributed by atoms with Gasteiger partial charge in [-0.1, -0.05) is 37.7 Å². The minimum atomic E-state index is -1.51. The van der Waals surface area contributed by atoms with Gasteiger partial charge in [0.25, 0.3) is 0 Å². The molecule has 0 bridgehead atoms. The van der Waals surface area contributed by atoms with Crippen LogP contribution in [-0.2, 0) is 14.3 Å². The summed E-state index contributed by atoms with van der Waals surface area (Å²) in [6, 6.07) is 0. The SMILES string of the molecule is CC(=O)O[C@H](C)[C@@H]1C=C[C@@H](O)[C@@H](C#C[Si](C)(C)C)O1. The molecule has 1 N–H and O–H groups in total. The highest BCUT2D eigenvalue weighted by Gasteiger charge is 2.29. The van der Waals surface area contributed by atoms with Gasteiger partial charge in [0, 0.05) is 6.92 Å². The van der Waals surface area contributed by atoms with Gasteiger partial charge in [0.1, 0.15) is 32.5 Å². The third kappa shape index (κ3) is 5.60. The first-order valence-corrected chi connectivity index (χ1v) is 9.91. The van der Waals surface area contributed by atoms with E-state index in [2.05, 4.69) is 31.1 Å². The first-order valence-electron chi connectivity index (χ1n) is 6.41. The Hall–Kier alpha value is -1.09. The molecule has 0 aromatic heterocycles. The number of aliphatic hydroxyl groups is 1. The monoisotopic (exact) mass is 282 g/mol. The number of hydrogen-bond donors (Lipinski definition) is 1. The molecule has 0 fully saturated rings. The quantitative estimate of drug-likeness (QED) is 0.361. The maximum absolute atomic E-state index is 10.9. The molecule has 0 amide bonds. The van der Waals surface area contributed by atoms with Crippen LogP contribution in [0.15, 0.2) is 12.2 Å². The van der Waals surface area contributed by atoms with Crippen LogP contribution in [0.2, 0.25) is 19.6 Å². The van der Waals surface area contributed by atoms with Crippen LogP contribution in [0.3, 0.4) is 0 Å². The van der Waals surface area contributed by atoms with Gasteiger partial charge >= 0.3 is 5.97 Å². The third-order valence-electron chi connectivity index (χ3n) is 2.52. The van der Waals surface area contributed by atoms with E-state index in [9.17, 15) is 9.90 Å². The number of rotatable bonds is 2. The molecule has 0 aliphatic carbocycles. The summed E-state index contributed by atoms with van der Waals surface area (Å²) in [4.78, 5) is 10.9. The van der Waals surface area contributed by atoms with E-state index >= 15 is 0 Å². The van der Waals surface area contributed by atoms with Crippen molar-refractivity contribution in [1.82, 2.24) is 0 Å². The molecular formula is C14H22O4Si. The fourth-order valence-corrected chi connectivity index (χ4v) is 2.20. The molecule has 1 aliphatic heterocycles. The van der Waals surface area contributed by atoms with Gasteiger partial charge in [-0.2, -0.15) is 0 Å². The molecule has 106 valence electrons. The van der Waals surface area contributed by atoms with Crippen molar-refractivity contribution in [3.05, 3.63) is 12.2 Å². The van der Waals surface area contributed by atoms with Crippen molar-refractivity contribution in [3.8, 4) is 11.5 Å². The summed E-state index contributed by atoms with van der Waals surface area (Å²) in [5.74, 6) is 2.65. The second kappa shape index (κ2) is 6.37. The summed E-state index contributed by atoms with van der Waals surface area (Å²) in [6.07, 6.45) is 1.32. The number of carbonyl (C=O) groups is 1. The van der Waals surface area contributed by atoms with E-state index in [1.54, 1.807) is 19.1 Å². The number of ether oxygens (including phenoxy) is 2. The molecule has 0 radical (unpaired) electrons. The number of esters is 1. The van der Waals surface area contributed by atoms with E-state index in [1.165, 1.54) is 6.92 Å². The molecule has 5 heteroatoms. The van der Waals surface area contributed by atoms with E-state index in [0.717, 1.165) is 0 Å². The Kier molecular flexibility index (Phi) is 5.35. The Balaban J connectivity index is 2.74. The highest BCUT2D eigenvalue weighted by molar-refractivity contribution is 6.83. The molecule has 1 rings (SSSR count). The van der Waals surface area contributed by atoms with Crippen LogP contribution in [0.25, 0.3) is 0 Å². The molecule has 1 aliphatic rings. The Morgan fingerprint density at radius 1 is 1.42 bits per heavy atom. The average molecular weight is 282 g/mol. The number of aliphatic hydroxyl groups excluding tert-OH is 1. The van der Waals surface area contributed by atoms with Crippen LogP contribution in [0.5, 0.6) is 0 Å². The van der Waals surface area contributed by atoms with Crippen LogP contribution in [0.4, 0.5) is 0 Å². The summed E-state index contributed by atoms with van der Waals surface area (Å²) in [5, 5.41) is 9.84. The van der Waals surface area contributed by atoms with Crippen LogP contribution in [-0.4, -0.2) is 43.6 Å². The highest BCUT2D eigenvalue weighted by atomic mass is 28.3. The lowest BCUT2D eigenvalue weighted by Crippen LogP contribution is -2.40. The summed E-state index contributed by atoms with van der Waals surface area (Å²) < 4.78 is 10.8. The van der Waals surface area contributed by atoms with Crippen LogP contribution in [0.1, 0.15) is 13.8 Å². The zero-order chi connectivity index (χ0) is 14.6. The first kappa shape index (κ1) is 16.0. The lowest BCUT2D eigenvalue weighted by atomic mass is 10.1. The average Bonchev–Trinajstić information content (AvgIpc) is 2.25. The topological polar surface area (TPSA) is 55.8 Å². The smallest absolute Gasteiger partial charge is 0.302 e. The second-order valence-electron chi connectivity index (χ2n) is 5.73. The van der Waals surface area contributed by atoms with Gasteiger partial charge in [0.05, 0.1) is 0 Å². The highest BCUT2D eigenvalue weighted by Crippen LogP contribution is 2.17. The van der Waals surface area contributed by atoms with Gasteiger partial charge in [0.2, 0.25) is 0 Å². The standard InChI is InChI=1S/C14H22O4Si/c1-10(17-11(2)15)13-7-6-12(16)14(18-13)8-9-19(3,4)5/h6-7,10,12-14,16H,1-5H3/t10-,12-,13+,14-/m1/s1. The Morgan fingerprint density at radius 3 is 2.58 bits per heavy atom. The normalized spacial score (nSPS) is 28.2. The van der Waals surface area contributed by atoms with Crippen molar-refractivity contribution in [1.29, 1.82) is 0 Å². The van der Waals surface area contributed by atoms with Crippen molar-refractivity contribution >= 4 is 14.0 Å². The molecule has 0 saturated carbocycles. The van der Waals surface area contributed by atoms with Crippen molar-refractivity contribution in [2.45, 2.75) is 57.9 Å². The zero-order valence-electron chi connectivity index (χ0n) is 12.1. The van der Waals surface area contributed by atoms with Crippen LogP contribution in [0, 0.1) is 11.5 Å². The predicted molar refractivity (Wildman–Crippen MR) is 76.2 cm³/mol. The Bertz CT molecular complexity index is 413. The molecule has 0 aromatic carbocycles. The zero-order valence-corrected chi connectivity index (χ0v) is 13.1. The van der Waals surface area contributed by atoms with E-state index in [0.29, 0.717) is 0 Å². The van der Waals surface area contributed by atoms with Gasteiger partial charge in [-0.3, -0.25) is 4.79 Å². The second-order valence-corrected chi connectivity index (χ2v) is 10.5. The lowest BCUT2D eigenvalue weighted by molar-refractivity contribution is -0.154. The molecule has 4 atom stereocenters. The fourth-order valence-electron chi connectivity index (χ4n) is 1.62. The minimum absolute atomic E-state index is 0.347. The summed E-state index contributed by atoms with van der Waals surface area (Å²) in [5.41, 5.74) is 3.18. The summed E-state index contributed by atoms with van der Waals surface area (Å²) in [6.45, 7) is 9.51. The summed E-state index contributed by atoms with van der Waals surface area (Å²) in [7, 11) is -1.51. The van der Waals surface area contributed by atoms with Gasteiger partial charge in [-0.25, -0.2) is 0 Å². The van der Waals surface area contributed by atoms with Gasteiger partial charge < -0.3 is 14.6 Å². The molecule has 4 nitrogen and oxygen atoms in total. The maximum atomic E-state index is 10.9. The van der Waals surface area contributed by atoms with Crippen molar-refractivity contribution in [2.24, 2.45) is 0 Å². The lowest BCUT2D eigenvalue weighted by Gasteiger charge is -2.29. The number of carbonyl (C=O) groups excluding carboxylic acids is 1. The fraction of sp³-hybridized carbons (Fsp3) is 0.643. The molecule has 19 heavy (non-hydrogen) atoms. The van der Waals surface area contributed by atoms with Crippen molar-refractivity contribution in [3.63, 3.8) is 0 Å². The van der Waals surface area contributed by atoms with Crippen LogP contribution < -0.4 is 0 Å². The summed E-state index contributed by atoms with van der Waals surface area (Å²) >= 11 is 0. The predicted octanol–water partition coefficient (Wildman–Crippen LogP) is 1.50. The molecular weight excluding hydrogens is 260 g/mol. The van der Waals surface area contributed by atoms with E-state index in [1.807, 2.05) is 0 Å². The molecule has 0 unspecified atom stereocenters. The Morgan fingerprint density at radius 2 is 2.05 bits per heavy atom. The molecule has 1 heterocycles. The van der Waals surface area contributed by atoms with E-state index < -0.39 is 26.4 Å². The van der Waals surface area contributed by atoms with Crippen molar-refractivity contribution in [2.75, 3.05) is 0 Å². The number of hydrogen-bond acceptors (Lipinski definition) is 4. The largest absolute Gasteiger partial charge is 0.460 e. The molecule has 0 spiro atoms.